The Morgan fingerprint density at radius 1 is 0.800 bits per heavy atom. The molecule has 2 aromatic rings. The molecule has 2 fully saturated rings. The number of ether oxygens (including phenoxy) is 4. The van der Waals surface area contributed by atoms with Crippen molar-refractivity contribution in [1.82, 2.24) is 19.1 Å². The molecule has 0 amide bonds. The van der Waals surface area contributed by atoms with Gasteiger partial charge in [-0.1, -0.05) is 63.2 Å². The topological polar surface area (TPSA) is 465 Å². The van der Waals surface area contributed by atoms with Crippen LogP contribution in [0.5, 0.6) is 0 Å². The zero-order valence-corrected chi connectivity index (χ0v) is 40.6. The average molecular weight is 1060 g/mol. The molecule has 4 rings (SSSR count). The van der Waals surface area contributed by atoms with Crippen LogP contribution in [-0.2, 0) is 55.4 Å². The maximum absolute atomic E-state index is 12.4. The van der Waals surface area contributed by atoms with Crippen molar-refractivity contribution in [1.29, 1.82) is 0 Å². The molecule has 0 aromatic carbocycles. The Kier molecular flexibility index (Phi) is 23.9. The third-order valence-electron chi connectivity index (χ3n) is 9.92. The number of phosphoric acid groups is 3. The second kappa shape index (κ2) is 28.0. The number of aliphatic hydroxyl groups excluding tert-OH is 3. The van der Waals surface area contributed by atoms with Gasteiger partial charge >= 0.3 is 46.8 Å². The summed E-state index contributed by atoms with van der Waals surface area (Å²) in [5.74, 6) is 9.11. The number of hydrogen-bond acceptors (Lipinski definition) is 23. The number of aliphatic hydroxyl groups is 3. The zero-order valence-electron chi connectivity index (χ0n) is 38.0. The van der Waals surface area contributed by atoms with E-state index in [-0.39, 0.29) is 67.3 Å². The summed E-state index contributed by atoms with van der Waals surface area (Å²) in [7, 11) is -16.8. The normalized spacial score (nSPS) is 22.4. The number of aromatic nitrogens is 4. The maximum atomic E-state index is 12.4. The van der Waals surface area contributed by atoms with Gasteiger partial charge < -0.3 is 76.8 Å². The number of esters is 2. The Labute approximate surface area is 400 Å². The van der Waals surface area contributed by atoms with E-state index in [2.05, 4.69) is 53.7 Å². The Hall–Kier alpha value is -4.45. The number of carbonyl (C=O) groups excluding carboxylic acids is 2. The number of rotatable bonds is 22. The first-order valence-electron chi connectivity index (χ1n) is 21.4. The van der Waals surface area contributed by atoms with Crippen molar-refractivity contribution in [3.8, 4) is 23.7 Å². The van der Waals surface area contributed by atoms with E-state index in [1.54, 1.807) is 0 Å². The summed E-state index contributed by atoms with van der Waals surface area (Å²) in [4.78, 5) is 91.6. The Morgan fingerprint density at radius 2 is 1.30 bits per heavy atom. The molecule has 0 aliphatic carbocycles. The van der Waals surface area contributed by atoms with Gasteiger partial charge in [0.1, 0.15) is 42.3 Å². The summed E-state index contributed by atoms with van der Waals surface area (Å²) in [5.41, 5.74) is 21.4. The molecule has 0 radical (unpaired) electrons. The lowest BCUT2D eigenvalue weighted by Gasteiger charge is -2.19. The lowest BCUT2D eigenvalue weighted by molar-refractivity contribution is -0.146. The van der Waals surface area contributed by atoms with E-state index in [9.17, 15) is 58.0 Å². The molecule has 2 aliphatic rings. The predicted molar refractivity (Wildman–Crippen MR) is 242 cm³/mol. The first-order chi connectivity index (χ1) is 32.8. The molecule has 70 heavy (non-hydrogen) atoms. The van der Waals surface area contributed by atoms with Gasteiger partial charge in [0, 0.05) is 25.2 Å². The number of nitrogen functional groups attached to an aromatic ring is 2. The second-order valence-electron chi connectivity index (χ2n) is 15.5. The van der Waals surface area contributed by atoms with E-state index >= 15 is 0 Å². The first-order valence-corrected chi connectivity index (χ1v) is 25.9. The van der Waals surface area contributed by atoms with Crippen molar-refractivity contribution in [3.05, 3.63) is 44.5 Å². The van der Waals surface area contributed by atoms with E-state index < -0.39 is 90.3 Å². The first kappa shape index (κ1) is 59.9. The fourth-order valence-corrected chi connectivity index (χ4v) is 9.33. The highest BCUT2D eigenvalue weighted by molar-refractivity contribution is 7.66. The number of anilines is 2. The highest BCUT2D eigenvalue weighted by Gasteiger charge is 2.43. The molecule has 15 N–H and O–H groups in total. The molecule has 392 valence electrons. The third kappa shape index (κ3) is 20.0. The quantitative estimate of drug-likeness (QED) is 0.0284. The zero-order chi connectivity index (χ0) is 52.4. The van der Waals surface area contributed by atoms with Gasteiger partial charge in [0.2, 0.25) is 0 Å². The number of unbranched alkanes of at least 4 members (excludes halogenated alkanes) is 3. The van der Waals surface area contributed by atoms with Gasteiger partial charge in [-0.25, -0.2) is 23.3 Å². The van der Waals surface area contributed by atoms with E-state index in [1.807, 2.05) is 6.92 Å². The Balaban J connectivity index is 0.000000392. The molecule has 0 spiro atoms. The van der Waals surface area contributed by atoms with Crippen molar-refractivity contribution in [2.45, 2.75) is 115 Å². The summed E-state index contributed by atoms with van der Waals surface area (Å²) in [5, 5.41) is 29.3. The molecular weight excluding hydrogens is 997 g/mol. The number of nitrogens with two attached hydrogens (primary N) is 4. The molecule has 2 aliphatic heterocycles. The summed E-state index contributed by atoms with van der Waals surface area (Å²) in [6.45, 7) is 2.67. The van der Waals surface area contributed by atoms with Crippen molar-refractivity contribution in [2.75, 3.05) is 44.4 Å². The summed E-state index contributed by atoms with van der Waals surface area (Å²) < 4.78 is 68.8. The fourth-order valence-electron chi connectivity index (χ4n) is 6.30. The van der Waals surface area contributed by atoms with Crippen LogP contribution in [-0.4, -0.2) is 129 Å². The van der Waals surface area contributed by atoms with Gasteiger partial charge in [0.05, 0.1) is 42.5 Å². The Bertz CT molecular complexity index is 2490. The molecule has 0 saturated carbocycles. The highest BCUT2D eigenvalue weighted by atomic mass is 31.3. The van der Waals surface area contributed by atoms with E-state index in [0.717, 1.165) is 36.4 Å². The third-order valence-corrected chi connectivity index (χ3v) is 13.7. The van der Waals surface area contributed by atoms with Crippen LogP contribution in [0.3, 0.4) is 0 Å². The summed E-state index contributed by atoms with van der Waals surface area (Å²) in [6, 6.07) is -0.840. The van der Waals surface area contributed by atoms with Crippen molar-refractivity contribution in [2.24, 2.45) is 17.4 Å². The highest BCUT2D eigenvalue weighted by Crippen LogP contribution is 2.66. The second-order valence-corrected chi connectivity index (χ2v) is 19.9. The van der Waals surface area contributed by atoms with Crippen molar-refractivity contribution < 1.29 is 90.3 Å². The van der Waals surface area contributed by atoms with Crippen LogP contribution in [0.4, 0.5) is 11.6 Å². The number of carbonyl (C=O) groups is 2. The van der Waals surface area contributed by atoms with Gasteiger partial charge in [0.25, 0.3) is 0 Å². The number of nitrogens with zero attached hydrogens (tertiary/aromatic N) is 4. The smallest absolute Gasteiger partial charge is 0.452 e. The molecule has 10 atom stereocenters. The minimum absolute atomic E-state index is 0.0303. The molecule has 4 heterocycles. The monoisotopic (exact) mass is 1060 g/mol. The van der Waals surface area contributed by atoms with E-state index in [1.165, 1.54) is 10.8 Å². The van der Waals surface area contributed by atoms with Gasteiger partial charge in [-0.05, 0) is 25.8 Å². The minimum Gasteiger partial charge on any atom is -0.452 e. The lowest BCUT2D eigenvalue weighted by Crippen LogP contribution is -2.32. The van der Waals surface area contributed by atoms with Crippen LogP contribution < -0.4 is 34.3 Å². The molecule has 4 unspecified atom stereocenters. The summed E-state index contributed by atoms with van der Waals surface area (Å²) in [6.07, 6.45) is 1.69. The molecule has 0 bridgehead atoms. The SMILES string of the molecule is CCCCCC(C)C(=O)OCC#Cc1cn([C@H]2C[C@@H](O)[C@@H](CO)O2)c(=O)nc1N.NCCCCC(N)C(=O)OCC#Cc1cn([C@H]2C[C@@H](O)[C@@H](COP(=O)(O)OP(=O)(O)OP(=O)(O)O)O2)c(=O)nc1N. The minimum atomic E-state index is -5.74. The maximum Gasteiger partial charge on any atom is 0.490 e. The van der Waals surface area contributed by atoms with Crippen LogP contribution in [0.15, 0.2) is 22.0 Å². The van der Waals surface area contributed by atoms with Crippen LogP contribution in [0.2, 0.25) is 0 Å². The average Bonchev–Trinajstić information content (AvgIpc) is 3.83. The van der Waals surface area contributed by atoms with Gasteiger partial charge in [-0.2, -0.15) is 18.6 Å². The van der Waals surface area contributed by atoms with E-state index in [4.69, 9.17) is 51.7 Å². The molecule has 2 aromatic heterocycles. The van der Waals surface area contributed by atoms with Gasteiger partial charge in [0.15, 0.2) is 13.2 Å². The molecule has 32 heteroatoms. The predicted octanol–water partition coefficient (Wildman–Crippen LogP) is -1.25. The molecule has 29 nitrogen and oxygen atoms in total. The van der Waals surface area contributed by atoms with Crippen molar-refractivity contribution >= 4 is 47.0 Å². The van der Waals surface area contributed by atoms with Crippen LogP contribution >= 0.6 is 23.5 Å². The number of hydrogen-bond donors (Lipinski definition) is 11. The molecule has 2 saturated heterocycles. The van der Waals surface area contributed by atoms with Gasteiger partial charge in [-0.3, -0.25) is 23.2 Å². The van der Waals surface area contributed by atoms with Crippen molar-refractivity contribution in [3.63, 3.8) is 0 Å². The Morgan fingerprint density at radius 3 is 1.79 bits per heavy atom. The van der Waals surface area contributed by atoms with Crippen LogP contribution in [0.25, 0.3) is 0 Å². The lowest BCUT2D eigenvalue weighted by atomic mass is 10.0. The summed E-state index contributed by atoms with van der Waals surface area (Å²) >= 11 is 0. The van der Waals surface area contributed by atoms with Crippen LogP contribution in [0, 0.1) is 29.6 Å². The standard InChI is InChI=1S/C20H29N3O6.C18H30N5O15P3/c1-3-4-5-7-13(2)19(26)28-9-6-8-14-11-23(20(27)22-18(14)21)17-10-15(25)16(12-24)29-17;19-6-2-1-5-12(20)17(25)34-7-3-4-11-9-23(18(26)22-16(11)21)15-8-13(24)14(36-15)10-35-40(30,31)38-41(32,33)37-39(27,28)29/h11,13,15-17,24-25H,3-5,7,9-10,12H2,1-2H3,(H2,21,22,27);9,12-15,24H,1-2,5-8,10,19-20H2,(H,30,31)(H,32,33)(H2,21,22,26)(H2,27,28,29)/t13?,15-,16-,17-;12?,13-,14-,15-/m11/s1. The number of phosphoric ester groups is 1. The molecular formula is C38H59N8O21P3. The van der Waals surface area contributed by atoms with Crippen LogP contribution in [0.1, 0.15) is 95.2 Å². The van der Waals surface area contributed by atoms with Gasteiger partial charge in [-0.15, -0.1) is 0 Å². The largest absolute Gasteiger partial charge is 0.490 e. The fraction of sp³-hybridized carbons (Fsp3) is 0.632. The van der Waals surface area contributed by atoms with E-state index in [0.29, 0.717) is 25.8 Å².